The Hall–Kier alpha value is -1.75. The van der Waals surface area contributed by atoms with Gasteiger partial charge in [-0.25, -0.2) is 0 Å². The first-order valence-electron chi connectivity index (χ1n) is 8.34. The van der Waals surface area contributed by atoms with Crippen molar-refractivity contribution in [2.24, 2.45) is 0 Å². The van der Waals surface area contributed by atoms with E-state index in [2.05, 4.69) is 29.8 Å². The van der Waals surface area contributed by atoms with E-state index in [4.69, 9.17) is 5.26 Å². The van der Waals surface area contributed by atoms with Crippen LogP contribution in [0, 0.1) is 11.3 Å². The van der Waals surface area contributed by atoms with Crippen molar-refractivity contribution in [2.45, 2.75) is 64.8 Å². The average Bonchev–Trinajstić information content (AvgIpc) is 2.92. The van der Waals surface area contributed by atoms with Crippen LogP contribution in [0.4, 0.5) is 0 Å². The molecule has 0 N–H and O–H groups in total. The van der Waals surface area contributed by atoms with E-state index in [0.29, 0.717) is 0 Å². The van der Waals surface area contributed by atoms with Crippen LogP contribution in [-0.2, 0) is 6.54 Å². The second kappa shape index (κ2) is 8.52. The van der Waals surface area contributed by atoms with Gasteiger partial charge in [0.15, 0.2) is 0 Å². The first-order chi connectivity index (χ1) is 10.3. The molecule has 1 aromatic heterocycles. The first-order valence-corrected chi connectivity index (χ1v) is 8.34. The summed E-state index contributed by atoms with van der Waals surface area (Å²) in [5, 5.41) is 10.2. The van der Waals surface area contributed by atoms with Gasteiger partial charge < -0.3 is 4.57 Å². The van der Waals surface area contributed by atoms with Gasteiger partial charge >= 0.3 is 0 Å². The maximum Gasteiger partial charge on any atom is 0.0992 e. The summed E-state index contributed by atoms with van der Waals surface area (Å²) in [5.41, 5.74) is 1.94. The van der Waals surface area contributed by atoms with E-state index >= 15 is 0 Å². The van der Waals surface area contributed by atoms with E-state index in [1.165, 1.54) is 62.3 Å². The predicted molar refractivity (Wildman–Crippen MR) is 89.3 cm³/mol. The second-order valence-electron chi connectivity index (χ2n) is 5.87. The van der Waals surface area contributed by atoms with Gasteiger partial charge in [0.05, 0.1) is 11.6 Å². The molecular weight excluding hydrogens is 256 g/mol. The Kier molecular flexibility index (Phi) is 6.34. The Balaban J connectivity index is 1.75. The van der Waals surface area contributed by atoms with Gasteiger partial charge in [-0.2, -0.15) is 5.26 Å². The minimum atomic E-state index is 0.748. The van der Waals surface area contributed by atoms with Crippen LogP contribution in [0.5, 0.6) is 0 Å². The Labute approximate surface area is 128 Å². The lowest BCUT2D eigenvalue weighted by Crippen LogP contribution is -1.96. The quantitative estimate of drug-likeness (QED) is 0.546. The summed E-state index contributed by atoms with van der Waals surface area (Å²) in [7, 11) is 0. The zero-order chi connectivity index (χ0) is 14.9. The second-order valence-corrected chi connectivity index (χ2v) is 5.87. The Morgan fingerprint density at radius 2 is 1.67 bits per heavy atom. The third-order valence-corrected chi connectivity index (χ3v) is 4.16. The molecule has 0 bridgehead atoms. The number of hydrogen-bond donors (Lipinski definition) is 0. The fraction of sp³-hybridized carbons (Fsp3) is 0.526. The van der Waals surface area contributed by atoms with Gasteiger partial charge in [-0.15, -0.1) is 0 Å². The molecule has 1 heterocycles. The van der Waals surface area contributed by atoms with Crippen LogP contribution < -0.4 is 0 Å². The molecule has 0 saturated carbocycles. The number of aromatic nitrogens is 1. The van der Waals surface area contributed by atoms with Gasteiger partial charge in [0.2, 0.25) is 0 Å². The maximum absolute atomic E-state index is 9.00. The highest BCUT2D eigenvalue weighted by molar-refractivity contribution is 5.81. The normalized spacial score (nSPS) is 10.9. The number of benzene rings is 1. The van der Waals surface area contributed by atoms with Crippen molar-refractivity contribution < 1.29 is 0 Å². The van der Waals surface area contributed by atoms with Crippen LogP contribution >= 0.6 is 0 Å². The molecule has 0 amide bonds. The number of fused-ring (bicyclic) bond motifs is 1. The van der Waals surface area contributed by atoms with E-state index in [0.717, 1.165) is 12.1 Å². The molecule has 0 radical (unpaired) electrons. The average molecular weight is 282 g/mol. The van der Waals surface area contributed by atoms with Gasteiger partial charge in [0.25, 0.3) is 0 Å². The summed E-state index contributed by atoms with van der Waals surface area (Å²) >= 11 is 0. The Morgan fingerprint density at radius 3 is 2.38 bits per heavy atom. The van der Waals surface area contributed by atoms with Crippen LogP contribution in [0.1, 0.15) is 63.9 Å². The van der Waals surface area contributed by atoms with Crippen LogP contribution in [0.3, 0.4) is 0 Å². The SMILES string of the molecule is CCCCCCCCCCn1ccc2ccc(C#N)cc21. The topological polar surface area (TPSA) is 28.7 Å². The van der Waals surface area contributed by atoms with Gasteiger partial charge in [-0.05, 0) is 30.0 Å². The first kappa shape index (κ1) is 15.6. The standard InChI is InChI=1S/C19H26N2/c1-2-3-4-5-6-7-8-9-13-21-14-12-18-11-10-17(16-20)15-19(18)21/h10-12,14-15H,2-9,13H2,1H3. The van der Waals surface area contributed by atoms with Crippen molar-refractivity contribution in [1.29, 1.82) is 5.26 Å². The molecule has 2 nitrogen and oxygen atoms in total. The molecule has 0 aliphatic carbocycles. The molecule has 0 saturated heterocycles. The fourth-order valence-electron chi connectivity index (χ4n) is 2.86. The van der Waals surface area contributed by atoms with Gasteiger partial charge in [0, 0.05) is 18.3 Å². The van der Waals surface area contributed by atoms with Crippen molar-refractivity contribution in [3.8, 4) is 6.07 Å². The number of hydrogen-bond acceptors (Lipinski definition) is 1. The van der Waals surface area contributed by atoms with E-state index in [1.54, 1.807) is 0 Å². The summed E-state index contributed by atoms with van der Waals surface area (Å²) in [5.74, 6) is 0. The molecule has 21 heavy (non-hydrogen) atoms. The summed E-state index contributed by atoms with van der Waals surface area (Å²) in [4.78, 5) is 0. The van der Waals surface area contributed by atoms with Crippen LogP contribution in [-0.4, -0.2) is 4.57 Å². The number of nitriles is 1. The molecule has 0 aliphatic heterocycles. The van der Waals surface area contributed by atoms with Gasteiger partial charge in [-0.1, -0.05) is 57.9 Å². The molecule has 2 aromatic rings. The molecule has 0 aliphatic rings. The molecule has 112 valence electrons. The largest absolute Gasteiger partial charge is 0.347 e. The van der Waals surface area contributed by atoms with Gasteiger partial charge in [-0.3, -0.25) is 0 Å². The maximum atomic E-state index is 9.00. The van der Waals surface area contributed by atoms with Crippen LogP contribution in [0.25, 0.3) is 10.9 Å². The van der Waals surface area contributed by atoms with Crippen molar-refractivity contribution in [2.75, 3.05) is 0 Å². The lowest BCUT2D eigenvalue weighted by atomic mass is 10.1. The van der Waals surface area contributed by atoms with E-state index in [1.807, 2.05) is 18.2 Å². The lowest BCUT2D eigenvalue weighted by molar-refractivity contribution is 0.549. The third kappa shape index (κ3) is 4.63. The predicted octanol–water partition coefficient (Wildman–Crippen LogP) is 5.65. The fourth-order valence-corrected chi connectivity index (χ4v) is 2.86. The summed E-state index contributed by atoms with van der Waals surface area (Å²) in [6, 6.07) is 10.3. The van der Waals surface area contributed by atoms with E-state index < -0.39 is 0 Å². The highest BCUT2D eigenvalue weighted by Gasteiger charge is 2.02. The summed E-state index contributed by atoms with van der Waals surface area (Å²) in [6.45, 7) is 3.33. The van der Waals surface area contributed by atoms with Crippen LogP contribution in [0.2, 0.25) is 0 Å². The molecule has 0 unspecified atom stereocenters. The van der Waals surface area contributed by atoms with Crippen molar-refractivity contribution in [3.05, 3.63) is 36.0 Å². The van der Waals surface area contributed by atoms with Crippen molar-refractivity contribution >= 4 is 10.9 Å². The molecular formula is C19H26N2. The highest BCUT2D eigenvalue weighted by Crippen LogP contribution is 2.18. The van der Waals surface area contributed by atoms with Gasteiger partial charge in [0.1, 0.15) is 0 Å². The zero-order valence-corrected chi connectivity index (χ0v) is 13.1. The molecule has 0 spiro atoms. The number of unbranched alkanes of at least 4 members (excludes halogenated alkanes) is 7. The summed E-state index contributed by atoms with van der Waals surface area (Å²) in [6.07, 6.45) is 12.9. The molecule has 2 rings (SSSR count). The number of nitrogens with zero attached hydrogens (tertiary/aromatic N) is 2. The minimum Gasteiger partial charge on any atom is -0.347 e. The minimum absolute atomic E-state index is 0.748. The molecule has 0 fully saturated rings. The molecule has 1 aromatic carbocycles. The van der Waals surface area contributed by atoms with E-state index in [9.17, 15) is 0 Å². The smallest absolute Gasteiger partial charge is 0.0992 e. The van der Waals surface area contributed by atoms with Crippen LogP contribution in [0.15, 0.2) is 30.5 Å². The number of rotatable bonds is 9. The molecule has 2 heteroatoms. The molecule has 0 atom stereocenters. The number of aryl methyl sites for hydroxylation is 1. The summed E-state index contributed by atoms with van der Waals surface area (Å²) < 4.78 is 2.28. The third-order valence-electron chi connectivity index (χ3n) is 4.16. The Morgan fingerprint density at radius 1 is 0.952 bits per heavy atom. The zero-order valence-electron chi connectivity index (χ0n) is 13.1. The highest BCUT2D eigenvalue weighted by atomic mass is 14.9. The lowest BCUT2D eigenvalue weighted by Gasteiger charge is -2.06. The monoisotopic (exact) mass is 282 g/mol. The van der Waals surface area contributed by atoms with E-state index in [-0.39, 0.29) is 0 Å². The van der Waals surface area contributed by atoms with Crippen molar-refractivity contribution in [1.82, 2.24) is 4.57 Å². The Bertz CT molecular complexity index is 589. The van der Waals surface area contributed by atoms with Crippen molar-refractivity contribution in [3.63, 3.8) is 0 Å².